The molecule has 0 radical (unpaired) electrons. The van der Waals surface area contributed by atoms with Crippen molar-refractivity contribution in [3.8, 4) is 33.1 Å². The summed E-state index contributed by atoms with van der Waals surface area (Å²) in [4.78, 5) is 86.1. The largest absolute Gasteiger partial charge is 0.476 e. The molecule has 85 heavy (non-hydrogen) atoms. The number of aryl methyl sites for hydroxylation is 1. The molecule has 5 atom stereocenters. The first kappa shape index (κ1) is 59.6. The number of halogens is 3. The summed E-state index contributed by atoms with van der Waals surface area (Å²) in [6, 6.07) is 32.5. The Bertz CT molecular complexity index is 3790. The third kappa shape index (κ3) is 13.4. The Morgan fingerprint density at radius 2 is 1.59 bits per heavy atom. The van der Waals surface area contributed by atoms with Gasteiger partial charge >= 0.3 is 12.1 Å². The molecule has 0 saturated carbocycles. The van der Waals surface area contributed by atoms with Crippen LogP contribution in [0, 0.1) is 25.2 Å². The number of ether oxygens (including phenoxy) is 1. The topological polar surface area (TPSA) is 216 Å². The number of carboxylic acid groups (broad SMARTS) is 1. The number of alkyl halides is 3. The van der Waals surface area contributed by atoms with Crippen LogP contribution in [-0.4, -0.2) is 97.1 Å². The van der Waals surface area contributed by atoms with E-state index in [-0.39, 0.29) is 35.9 Å². The number of nitrogens with one attached hydrogen (secondary N) is 3. The number of pyridine rings is 1. The number of hydrogen-bond acceptors (Lipinski definition) is 13. The van der Waals surface area contributed by atoms with Crippen molar-refractivity contribution in [3.63, 3.8) is 0 Å². The van der Waals surface area contributed by atoms with E-state index in [1.807, 2.05) is 72.5 Å². The number of carbonyl (C=O) groups is 5. The predicted octanol–water partition coefficient (Wildman–Crippen LogP) is 11.9. The standard InChI is InChI=1S/C64H63F3N8O8S2/c1-35-45(46-25-26-53(71-55(46)61(81)82)74-28-27-40-11-9-13-47(48(40)33-74)58(78)73-62-70-49-14-7-8-16-52(49)85-62)12-10-15-51(35)83-44-23-17-38(18-24-44)29-42(64(65,66)67)30-54(77)72-57(63(4,5)6)60(80)75-32-43(76)31-50(75)59(79)69-36(2)39-19-21-41(22-20-39)56-37(3)68-34-84-56/h7-26,34,36,42-43,50,57,76H,27-33H2,1-6H3,(H,69,79)(H,72,77)(H,81,82)(H,70,73,78). The minimum absolute atomic E-state index is 0.0679. The number of hydrogen-bond donors (Lipinski definition) is 5. The van der Waals surface area contributed by atoms with Gasteiger partial charge in [0, 0.05) is 43.6 Å². The van der Waals surface area contributed by atoms with Gasteiger partial charge in [-0.15, -0.1) is 11.3 Å². The van der Waals surface area contributed by atoms with Crippen LogP contribution in [0.2, 0.25) is 0 Å². The smallest absolute Gasteiger partial charge is 0.392 e. The van der Waals surface area contributed by atoms with Crippen molar-refractivity contribution in [2.24, 2.45) is 11.3 Å². The molecule has 8 aromatic rings. The summed E-state index contributed by atoms with van der Waals surface area (Å²) in [7, 11) is 0. The van der Waals surface area contributed by atoms with Gasteiger partial charge in [-0.3, -0.25) is 24.5 Å². The highest BCUT2D eigenvalue weighted by atomic mass is 32.1. The lowest BCUT2D eigenvalue weighted by Crippen LogP contribution is -2.58. The number of likely N-dealkylation sites (tertiary alicyclic amines) is 1. The first-order chi connectivity index (χ1) is 40.5. The number of aliphatic hydroxyl groups is 1. The first-order valence-electron chi connectivity index (χ1n) is 27.8. The molecule has 4 amide bonds. The van der Waals surface area contributed by atoms with E-state index in [1.54, 1.807) is 76.5 Å². The Morgan fingerprint density at radius 1 is 0.847 bits per heavy atom. The van der Waals surface area contributed by atoms with Gasteiger partial charge in [0.05, 0.1) is 44.4 Å². The van der Waals surface area contributed by atoms with Crippen LogP contribution in [0.4, 0.5) is 24.1 Å². The number of amides is 4. The van der Waals surface area contributed by atoms with Crippen molar-refractivity contribution in [3.05, 3.63) is 172 Å². The lowest BCUT2D eigenvalue weighted by atomic mass is 9.85. The molecule has 440 valence electrons. The molecule has 5 unspecified atom stereocenters. The average molecular weight is 1190 g/mol. The molecule has 1 saturated heterocycles. The second-order valence-corrected chi connectivity index (χ2v) is 24.5. The van der Waals surface area contributed by atoms with E-state index in [4.69, 9.17) is 4.74 Å². The molecule has 5 heterocycles. The molecule has 2 aliphatic heterocycles. The summed E-state index contributed by atoms with van der Waals surface area (Å²) in [5.74, 6) is -4.88. The SMILES string of the molecule is Cc1ncsc1-c1ccc(C(C)NC(=O)C2CC(O)CN2C(=O)C(NC(=O)CC(Cc2ccc(Oc3cccc(-c4ccc(N5CCc6cccc(C(=O)Nc7nc8ccccc8s7)c6C5)nc4C(=O)O)c3C)cc2)C(F)(F)F)C(C)(C)C)cc1. The minimum atomic E-state index is -4.81. The summed E-state index contributed by atoms with van der Waals surface area (Å²) < 4.78 is 51.6. The minimum Gasteiger partial charge on any atom is -0.476 e. The van der Waals surface area contributed by atoms with Crippen molar-refractivity contribution in [2.75, 3.05) is 23.3 Å². The van der Waals surface area contributed by atoms with Crippen LogP contribution >= 0.6 is 22.7 Å². The number of carboxylic acids is 1. The van der Waals surface area contributed by atoms with E-state index in [1.165, 1.54) is 51.8 Å². The van der Waals surface area contributed by atoms with E-state index in [9.17, 15) is 47.4 Å². The highest BCUT2D eigenvalue weighted by Crippen LogP contribution is 2.39. The number of fused-ring (bicyclic) bond motifs is 2. The van der Waals surface area contributed by atoms with Crippen molar-refractivity contribution in [1.82, 2.24) is 30.5 Å². The van der Waals surface area contributed by atoms with E-state index >= 15 is 0 Å². The molecule has 0 bridgehead atoms. The van der Waals surface area contributed by atoms with Crippen molar-refractivity contribution in [2.45, 2.75) is 104 Å². The zero-order valence-corrected chi connectivity index (χ0v) is 49.1. The Kier molecular flexibility index (Phi) is 17.2. The fraction of sp³-hybridized carbons (Fsp3) is 0.312. The number of nitrogens with zero attached hydrogens (tertiary/aromatic N) is 5. The van der Waals surface area contributed by atoms with Gasteiger partial charge in [-0.2, -0.15) is 13.2 Å². The lowest BCUT2D eigenvalue weighted by molar-refractivity contribution is -0.179. The van der Waals surface area contributed by atoms with Crippen molar-refractivity contribution < 1.29 is 52.1 Å². The number of β-amino-alcohol motifs (C(OH)–C–C–N with tert-alkyl or cyclic N) is 1. The highest BCUT2D eigenvalue weighted by Gasteiger charge is 2.46. The molecule has 3 aromatic heterocycles. The van der Waals surface area contributed by atoms with Gasteiger partial charge < -0.3 is 35.4 Å². The number of aromatic nitrogens is 3. The lowest BCUT2D eigenvalue weighted by Gasteiger charge is -2.36. The van der Waals surface area contributed by atoms with Gasteiger partial charge in [0.15, 0.2) is 10.8 Å². The van der Waals surface area contributed by atoms with Crippen LogP contribution in [-0.2, 0) is 33.8 Å². The third-order valence-electron chi connectivity index (χ3n) is 15.6. The molecule has 10 rings (SSSR count). The molecular weight excluding hydrogens is 1130 g/mol. The second kappa shape index (κ2) is 24.6. The average Bonchev–Trinajstić information content (AvgIpc) is 3.03. The molecule has 0 aliphatic carbocycles. The summed E-state index contributed by atoms with van der Waals surface area (Å²) in [6.45, 7) is 11.1. The number of carbonyl (C=O) groups excluding carboxylic acids is 4. The van der Waals surface area contributed by atoms with Gasteiger partial charge in [0.25, 0.3) is 5.91 Å². The Labute approximate surface area is 497 Å². The monoisotopic (exact) mass is 1190 g/mol. The summed E-state index contributed by atoms with van der Waals surface area (Å²) in [5.41, 5.74) is 8.02. The quantitative estimate of drug-likeness (QED) is 0.0576. The van der Waals surface area contributed by atoms with Crippen LogP contribution in [0.15, 0.2) is 127 Å². The highest BCUT2D eigenvalue weighted by molar-refractivity contribution is 7.22. The Balaban J connectivity index is 0.775. The summed E-state index contributed by atoms with van der Waals surface area (Å²) in [5, 5.41) is 30.2. The molecule has 2 aliphatic rings. The normalized spacial score (nSPS) is 16.3. The zero-order valence-electron chi connectivity index (χ0n) is 47.5. The fourth-order valence-corrected chi connectivity index (χ4v) is 12.6. The molecule has 16 nitrogen and oxygen atoms in total. The summed E-state index contributed by atoms with van der Waals surface area (Å²) >= 11 is 2.90. The molecule has 5 aromatic carbocycles. The van der Waals surface area contributed by atoms with Crippen LogP contribution < -0.4 is 25.6 Å². The zero-order chi connectivity index (χ0) is 60.5. The fourth-order valence-electron chi connectivity index (χ4n) is 11.0. The maximum Gasteiger partial charge on any atom is 0.392 e. The number of aromatic carboxylic acids is 1. The Hall–Kier alpha value is -8.53. The maximum atomic E-state index is 14.8. The number of aliphatic hydroxyl groups excluding tert-OH is 1. The number of thiazole rings is 2. The summed E-state index contributed by atoms with van der Waals surface area (Å²) in [6.07, 6.45) is -6.91. The van der Waals surface area contributed by atoms with Crippen molar-refractivity contribution >= 4 is 73.4 Å². The van der Waals surface area contributed by atoms with Crippen LogP contribution in [0.3, 0.4) is 0 Å². The molecule has 1 fully saturated rings. The third-order valence-corrected chi connectivity index (χ3v) is 17.5. The van der Waals surface area contributed by atoms with Gasteiger partial charge in [-0.1, -0.05) is 105 Å². The first-order valence-corrected chi connectivity index (χ1v) is 29.5. The van der Waals surface area contributed by atoms with E-state index in [2.05, 4.69) is 30.9 Å². The Morgan fingerprint density at radius 3 is 2.28 bits per heavy atom. The van der Waals surface area contributed by atoms with E-state index in [0.29, 0.717) is 58.5 Å². The van der Waals surface area contributed by atoms with Gasteiger partial charge in [-0.05, 0) is 127 Å². The van der Waals surface area contributed by atoms with Gasteiger partial charge in [0.1, 0.15) is 29.4 Å². The maximum absolute atomic E-state index is 14.8. The number of benzene rings is 5. The van der Waals surface area contributed by atoms with Gasteiger partial charge in [-0.25, -0.2) is 19.7 Å². The molecular formula is C64H63F3N8O8S2. The molecule has 5 N–H and O–H groups in total. The number of rotatable bonds is 17. The predicted molar refractivity (Wildman–Crippen MR) is 321 cm³/mol. The van der Waals surface area contributed by atoms with Crippen molar-refractivity contribution in [1.29, 1.82) is 0 Å². The van der Waals surface area contributed by atoms with E-state index < -0.39 is 78.3 Å². The van der Waals surface area contributed by atoms with Gasteiger partial charge in [0.2, 0.25) is 17.7 Å². The number of anilines is 2. The van der Waals surface area contributed by atoms with Crippen LogP contribution in [0.1, 0.15) is 101 Å². The second-order valence-electron chi connectivity index (χ2n) is 22.6. The van der Waals surface area contributed by atoms with Crippen LogP contribution in [0.25, 0.3) is 31.8 Å². The molecule has 0 spiro atoms. The van der Waals surface area contributed by atoms with Crippen LogP contribution in [0.5, 0.6) is 11.5 Å². The number of para-hydroxylation sites is 1. The van der Waals surface area contributed by atoms with E-state index in [0.717, 1.165) is 43.0 Å². The molecule has 21 heteroatoms.